The highest BCUT2D eigenvalue weighted by Crippen LogP contribution is 2.31. The summed E-state index contributed by atoms with van der Waals surface area (Å²) >= 11 is 0. The van der Waals surface area contributed by atoms with Crippen molar-refractivity contribution >= 4 is 11.0 Å². The van der Waals surface area contributed by atoms with Gasteiger partial charge in [-0.25, -0.2) is 0 Å². The number of aromatic nitrogens is 1. The Kier molecular flexibility index (Phi) is 8.45. The van der Waals surface area contributed by atoms with Crippen molar-refractivity contribution in [2.24, 2.45) is 5.92 Å². The SMILES string of the molecule is CNC.Cc1c(OCc2cccc(C#N)c2)ccc2c(CCC3CCNCC3)noc12. The highest BCUT2D eigenvalue weighted by Gasteiger charge is 2.17. The smallest absolute Gasteiger partial charge is 0.173 e. The predicted molar refractivity (Wildman–Crippen MR) is 123 cm³/mol. The van der Waals surface area contributed by atoms with Gasteiger partial charge in [-0.1, -0.05) is 17.3 Å². The molecule has 0 saturated carbocycles. The molecular formula is C25H32N4O2. The van der Waals surface area contributed by atoms with E-state index in [0.29, 0.717) is 12.2 Å². The van der Waals surface area contributed by atoms with Crippen LogP contribution in [0.25, 0.3) is 11.0 Å². The number of piperidine rings is 1. The van der Waals surface area contributed by atoms with Gasteiger partial charge in [0.2, 0.25) is 0 Å². The summed E-state index contributed by atoms with van der Waals surface area (Å²) < 4.78 is 11.7. The predicted octanol–water partition coefficient (Wildman–Crippen LogP) is 4.35. The van der Waals surface area contributed by atoms with E-state index in [1.165, 1.54) is 12.8 Å². The summed E-state index contributed by atoms with van der Waals surface area (Å²) in [5, 5.41) is 20.6. The number of benzene rings is 2. The van der Waals surface area contributed by atoms with Crippen molar-refractivity contribution in [3.63, 3.8) is 0 Å². The largest absolute Gasteiger partial charge is 0.488 e. The Morgan fingerprint density at radius 3 is 2.74 bits per heavy atom. The van der Waals surface area contributed by atoms with Gasteiger partial charge in [0.05, 0.1) is 17.3 Å². The molecule has 6 heteroatoms. The maximum absolute atomic E-state index is 9.03. The van der Waals surface area contributed by atoms with Crippen molar-refractivity contribution < 1.29 is 9.26 Å². The second-order valence-electron chi connectivity index (χ2n) is 8.03. The molecule has 0 spiro atoms. The number of nitrogens with zero attached hydrogens (tertiary/aromatic N) is 2. The van der Waals surface area contributed by atoms with Crippen molar-refractivity contribution in [2.75, 3.05) is 27.2 Å². The Balaban J connectivity index is 0.000000858. The molecule has 0 aliphatic carbocycles. The van der Waals surface area contributed by atoms with E-state index in [1.54, 1.807) is 6.07 Å². The van der Waals surface area contributed by atoms with E-state index in [2.05, 4.69) is 27.9 Å². The minimum atomic E-state index is 0.415. The first-order chi connectivity index (χ1) is 15.2. The Morgan fingerprint density at radius 1 is 1.23 bits per heavy atom. The van der Waals surface area contributed by atoms with Crippen LogP contribution in [0.4, 0.5) is 0 Å². The molecule has 1 fully saturated rings. The third-order valence-corrected chi connectivity index (χ3v) is 5.61. The zero-order valence-corrected chi connectivity index (χ0v) is 18.7. The van der Waals surface area contributed by atoms with Crippen molar-refractivity contribution in [1.29, 1.82) is 5.26 Å². The number of aryl methyl sites for hydroxylation is 2. The fourth-order valence-corrected chi connectivity index (χ4v) is 3.91. The molecule has 0 amide bonds. The van der Waals surface area contributed by atoms with Crippen LogP contribution in [0.1, 0.15) is 41.6 Å². The lowest BCUT2D eigenvalue weighted by Gasteiger charge is -2.21. The lowest BCUT2D eigenvalue weighted by Crippen LogP contribution is -2.27. The number of ether oxygens (including phenoxy) is 1. The maximum Gasteiger partial charge on any atom is 0.173 e. The maximum atomic E-state index is 9.03. The number of hydrogen-bond acceptors (Lipinski definition) is 6. The molecule has 3 aromatic rings. The van der Waals surface area contributed by atoms with Crippen LogP contribution in [0.3, 0.4) is 0 Å². The van der Waals surface area contributed by atoms with Gasteiger partial charge in [-0.05, 0) is 95.5 Å². The monoisotopic (exact) mass is 420 g/mol. The molecule has 1 saturated heterocycles. The zero-order chi connectivity index (χ0) is 22.1. The standard InChI is InChI=1S/C23H25N3O2.C2H7N/c1-16-22(27-15-19-4-2-3-18(13-19)14-24)8-6-20-21(26-28-23(16)20)7-5-17-9-11-25-12-10-17;1-3-2/h2-4,6,8,13,17,25H,5,7,9-12,15H2,1H3;3H,1-2H3. The van der Waals surface area contributed by atoms with Crippen LogP contribution in [-0.2, 0) is 13.0 Å². The summed E-state index contributed by atoms with van der Waals surface area (Å²) in [4.78, 5) is 0. The fraction of sp³-hybridized carbons (Fsp3) is 0.440. The average Bonchev–Trinajstić information content (AvgIpc) is 3.22. The highest BCUT2D eigenvalue weighted by atomic mass is 16.5. The van der Waals surface area contributed by atoms with Crippen LogP contribution in [0.15, 0.2) is 40.9 Å². The molecule has 2 heterocycles. The zero-order valence-electron chi connectivity index (χ0n) is 18.7. The summed E-state index contributed by atoms with van der Waals surface area (Å²) in [7, 11) is 3.75. The molecular weight excluding hydrogens is 388 g/mol. The van der Waals surface area contributed by atoms with Gasteiger partial charge >= 0.3 is 0 Å². The van der Waals surface area contributed by atoms with E-state index < -0.39 is 0 Å². The van der Waals surface area contributed by atoms with E-state index >= 15 is 0 Å². The molecule has 1 aliphatic heterocycles. The molecule has 1 aromatic heterocycles. The van der Waals surface area contributed by atoms with Gasteiger partial charge < -0.3 is 19.9 Å². The van der Waals surface area contributed by atoms with Crippen LogP contribution < -0.4 is 15.4 Å². The van der Waals surface area contributed by atoms with Crippen LogP contribution in [0.5, 0.6) is 5.75 Å². The van der Waals surface area contributed by atoms with Crippen LogP contribution in [0, 0.1) is 24.2 Å². The van der Waals surface area contributed by atoms with Crippen LogP contribution in [0.2, 0.25) is 0 Å². The molecule has 31 heavy (non-hydrogen) atoms. The quantitative estimate of drug-likeness (QED) is 0.617. The lowest BCUT2D eigenvalue weighted by molar-refractivity contribution is 0.303. The van der Waals surface area contributed by atoms with Gasteiger partial charge in [-0.2, -0.15) is 5.26 Å². The minimum absolute atomic E-state index is 0.415. The summed E-state index contributed by atoms with van der Waals surface area (Å²) in [6, 6.07) is 13.7. The first-order valence-corrected chi connectivity index (χ1v) is 10.9. The molecule has 4 rings (SSSR count). The summed E-state index contributed by atoms with van der Waals surface area (Å²) in [5.41, 5.74) is 4.43. The summed E-state index contributed by atoms with van der Waals surface area (Å²) in [6.45, 7) is 4.67. The van der Waals surface area contributed by atoms with Crippen LogP contribution in [-0.4, -0.2) is 32.3 Å². The second-order valence-corrected chi connectivity index (χ2v) is 8.03. The first kappa shape index (κ1) is 22.8. The van der Waals surface area contributed by atoms with Gasteiger partial charge in [0, 0.05) is 10.9 Å². The van der Waals surface area contributed by atoms with Crippen molar-refractivity contribution in [3.05, 3.63) is 58.8 Å². The number of fused-ring (bicyclic) bond motifs is 1. The van der Waals surface area contributed by atoms with Crippen molar-refractivity contribution in [3.8, 4) is 11.8 Å². The van der Waals surface area contributed by atoms with E-state index in [1.807, 2.05) is 45.3 Å². The summed E-state index contributed by atoms with van der Waals surface area (Å²) in [6.07, 6.45) is 4.62. The number of hydrogen-bond donors (Lipinski definition) is 2. The van der Waals surface area contributed by atoms with Crippen LogP contribution >= 0.6 is 0 Å². The van der Waals surface area contributed by atoms with Gasteiger partial charge in [-0.15, -0.1) is 0 Å². The normalized spacial score (nSPS) is 14.0. The third-order valence-electron chi connectivity index (χ3n) is 5.61. The Labute approximate surface area is 184 Å². The molecule has 0 bridgehead atoms. The molecule has 2 aromatic carbocycles. The van der Waals surface area contributed by atoms with Crippen molar-refractivity contribution in [2.45, 2.75) is 39.2 Å². The third kappa shape index (κ3) is 6.06. The van der Waals surface area contributed by atoms with E-state index in [0.717, 1.165) is 65.4 Å². The van der Waals surface area contributed by atoms with E-state index in [-0.39, 0.29) is 0 Å². The Morgan fingerprint density at radius 2 is 2.00 bits per heavy atom. The first-order valence-electron chi connectivity index (χ1n) is 10.9. The molecule has 0 radical (unpaired) electrons. The molecule has 164 valence electrons. The van der Waals surface area contributed by atoms with Crippen molar-refractivity contribution in [1.82, 2.24) is 15.8 Å². The highest BCUT2D eigenvalue weighted by molar-refractivity contribution is 5.84. The fourth-order valence-electron chi connectivity index (χ4n) is 3.91. The van der Waals surface area contributed by atoms with Gasteiger partial charge in [0.25, 0.3) is 0 Å². The number of nitriles is 1. The molecule has 0 atom stereocenters. The molecule has 1 aliphatic rings. The van der Waals surface area contributed by atoms with Gasteiger partial charge in [0.15, 0.2) is 5.58 Å². The second kappa shape index (κ2) is 11.5. The average molecular weight is 421 g/mol. The van der Waals surface area contributed by atoms with E-state index in [9.17, 15) is 0 Å². The lowest BCUT2D eigenvalue weighted by atomic mass is 9.92. The van der Waals surface area contributed by atoms with E-state index in [4.69, 9.17) is 14.5 Å². The van der Waals surface area contributed by atoms with Gasteiger partial charge in [0.1, 0.15) is 12.4 Å². The summed E-state index contributed by atoms with van der Waals surface area (Å²) in [5.74, 6) is 1.57. The minimum Gasteiger partial charge on any atom is -0.488 e. The molecule has 0 unspecified atom stereocenters. The van der Waals surface area contributed by atoms with Gasteiger partial charge in [-0.3, -0.25) is 0 Å². The number of nitrogens with one attached hydrogen (secondary N) is 2. The topological polar surface area (TPSA) is 83.1 Å². The molecule has 2 N–H and O–H groups in total. The Bertz CT molecular complexity index is 1020. The Hall–Kier alpha value is -2.88. The number of rotatable bonds is 6. The molecule has 6 nitrogen and oxygen atoms in total.